The van der Waals surface area contributed by atoms with Gasteiger partial charge >= 0.3 is 0 Å². The molecule has 6 rings (SSSR count). The lowest BCUT2D eigenvalue weighted by molar-refractivity contribution is 0.267. The van der Waals surface area contributed by atoms with Crippen LogP contribution < -0.4 is 14.8 Å². The van der Waals surface area contributed by atoms with Crippen molar-refractivity contribution in [3.05, 3.63) is 128 Å². The number of rotatable bonds is 8. The van der Waals surface area contributed by atoms with Crippen LogP contribution in [0, 0.1) is 12.8 Å². The molecule has 4 nitrogen and oxygen atoms in total. The van der Waals surface area contributed by atoms with Gasteiger partial charge in [0.2, 0.25) is 0 Å². The first-order valence-corrected chi connectivity index (χ1v) is 15.2. The zero-order chi connectivity index (χ0) is 28.3. The van der Waals surface area contributed by atoms with Gasteiger partial charge in [0.25, 0.3) is 0 Å². The summed E-state index contributed by atoms with van der Waals surface area (Å²) < 4.78 is 12.8. The van der Waals surface area contributed by atoms with E-state index in [0.29, 0.717) is 41.6 Å². The normalized spacial score (nSPS) is 19.1. The number of hydrogen-bond donors (Lipinski definition) is 1. The Morgan fingerprint density at radius 3 is 2.66 bits per heavy atom. The molecule has 208 valence electrons. The van der Waals surface area contributed by atoms with Crippen molar-refractivity contribution >= 4 is 45.1 Å². The van der Waals surface area contributed by atoms with Crippen LogP contribution >= 0.6 is 27.5 Å². The van der Waals surface area contributed by atoms with Gasteiger partial charge in [-0.05, 0) is 95.2 Å². The van der Waals surface area contributed by atoms with Crippen LogP contribution in [0.15, 0.2) is 100 Å². The number of allylic oxidation sites excluding steroid dienone is 2. The second-order valence-electron chi connectivity index (χ2n) is 10.6. The third-order valence-electron chi connectivity index (χ3n) is 7.79. The van der Waals surface area contributed by atoms with Gasteiger partial charge < -0.3 is 14.8 Å². The van der Waals surface area contributed by atoms with E-state index >= 15 is 0 Å². The molecule has 0 spiro atoms. The Hall–Kier alpha value is -3.54. The molecule has 0 saturated heterocycles. The third-order valence-corrected chi connectivity index (χ3v) is 8.75. The fourth-order valence-corrected chi connectivity index (χ4v) is 6.56. The Morgan fingerprint density at radius 1 is 1.02 bits per heavy atom. The maximum Gasteiger partial charge on any atom is 0.175 e. The number of aryl methyl sites for hydroxylation is 1. The monoisotopic (exact) mass is 626 g/mol. The van der Waals surface area contributed by atoms with Gasteiger partial charge in [-0.1, -0.05) is 71.8 Å². The van der Waals surface area contributed by atoms with Crippen LogP contribution in [0.25, 0.3) is 0 Å². The fraction of sp³-hybridized carbons (Fsp3) is 0.229. The number of hydrogen-bond acceptors (Lipinski definition) is 4. The van der Waals surface area contributed by atoms with Crippen molar-refractivity contribution < 1.29 is 9.47 Å². The molecule has 3 atom stereocenters. The molecule has 0 fully saturated rings. The summed E-state index contributed by atoms with van der Waals surface area (Å²) in [6, 6.07) is 27.2. The van der Waals surface area contributed by atoms with Crippen molar-refractivity contribution in [1.82, 2.24) is 0 Å². The van der Waals surface area contributed by atoms with E-state index < -0.39 is 0 Å². The molecule has 1 N–H and O–H groups in total. The van der Waals surface area contributed by atoms with Crippen LogP contribution in [0.4, 0.5) is 11.4 Å². The van der Waals surface area contributed by atoms with E-state index in [1.54, 1.807) is 0 Å². The number of aliphatic imine (C=N–C) groups is 1. The van der Waals surface area contributed by atoms with E-state index in [0.717, 1.165) is 27.7 Å². The van der Waals surface area contributed by atoms with E-state index in [2.05, 4.69) is 82.8 Å². The van der Waals surface area contributed by atoms with Gasteiger partial charge in [-0.3, -0.25) is 4.99 Å². The van der Waals surface area contributed by atoms with Gasteiger partial charge in [0, 0.05) is 28.4 Å². The summed E-state index contributed by atoms with van der Waals surface area (Å²) in [6.07, 6.45) is 7.67. The molecule has 1 aliphatic heterocycles. The second kappa shape index (κ2) is 12.1. The zero-order valence-electron chi connectivity index (χ0n) is 23.1. The van der Waals surface area contributed by atoms with Crippen molar-refractivity contribution in [3.8, 4) is 11.5 Å². The number of halogens is 2. The highest BCUT2D eigenvalue weighted by Gasteiger charge is 2.37. The Balaban J connectivity index is 1.18. The largest absolute Gasteiger partial charge is 0.490 e. The van der Waals surface area contributed by atoms with Crippen LogP contribution in [0.3, 0.4) is 0 Å². The topological polar surface area (TPSA) is 42.8 Å². The molecule has 0 amide bonds. The van der Waals surface area contributed by atoms with Gasteiger partial charge in [-0.15, -0.1) is 0 Å². The molecule has 0 bridgehead atoms. The van der Waals surface area contributed by atoms with Crippen LogP contribution in [-0.2, 0) is 6.61 Å². The molecule has 0 unspecified atom stereocenters. The van der Waals surface area contributed by atoms with Crippen LogP contribution in [0.2, 0.25) is 5.02 Å². The van der Waals surface area contributed by atoms with E-state index in [-0.39, 0.29) is 6.04 Å². The maximum atomic E-state index is 6.31. The maximum absolute atomic E-state index is 6.31. The van der Waals surface area contributed by atoms with Crippen molar-refractivity contribution in [2.75, 3.05) is 11.9 Å². The molecule has 0 aromatic heterocycles. The molecular formula is C35H32BrClN2O2. The van der Waals surface area contributed by atoms with Gasteiger partial charge in [-0.25, -0.2) is 0 Å². The van der Waals surface area contributed by atoms with E-state index in [4.69, 9.17) is 26.1 Å². The highest BCUT2D eigenvalue weighted by Crippen LogP contribution is 2.50. The highest BCUT2D eigenvalue weighted by molar-refractivity contribution is 9.10. The molecule has 1 heterocycles. The van der Waals surface area contributed by atoms with Crippen molar-refractivity contribution in [1.29, 1.82) is 0 Å². The number of ether oxygens (including phenoxy) is 2. The van der Waals surface area contributed by atoms with Crippen molar-refractivity contribution in [2.24, 2.45) is 10.9 Å². The summed E-state index contributed by atoms with van der Waals surface area (Å²) in [5.74, 6) is 2.28. The Kier molecular flexibility index (Phi) is 8.18. The summed E-state index contributed by atoms with van der Waals surface area (Å²) in [5, 5.41) is 4.50. The molecule has 4 aromatic carbocycles. The van der Waals surface area contributed by atoms with E-state index in [9.17, 15) is 0 Å². The summed E-state index contributed by atoms with van der Waals surface area (Å²) in [7, 11) is 0. The second-order valence-corrected chi connectivity index (χ2v) is 11.8. The molecule has 4 aromatic rings. The quantitative estimate of drug-likeness (QED) is 0.156. The van der Waals surface area contributed by atoms with Crippen molar-refractivity contribution in [3.63, 3.8) is 0 Å². The lowest BCUT2D eigenvalue weighted by Crippen LogP contribution is -2.29. The van der Waals surface area contributed by atoms with Crippen molar-refractivity contribution in [2.45, 2.75) is 38.8 Å². The summed E-state index contributed by atoms with van der Waals surface area (Å²) in [6.45, 7) is 4.99. The minimum Gasteiger partial charge on any atom is -0.490 e. The van der Waals surface area contributed by atoms with Crippen LogP contribution in [0.5, 0.6) is 11.5 Å². The lowest BCUT2D eigenvalue weighted by Gasteiger charge is -2.37. The molecule has 1 aliphatic carbocycles. The predicted octanol–water partition coefficient (Wildman–Crippen LogP) is 9.97. The average Bonchev–Trinajstić information content (AvgIpc) is 3.47. The van der Waals surface area contributed by atoms with Crippen LogP contribution in [0.1, 0.15) is 53.1 Å². The van der Waals surface area contributed by atoms with Crippen LogP contribution in [-0.4, -0.2) is 12.8 Å². The first kappa shape index (κ1) is 27.6. The molecular weight excluding hydrogens is 596 g/mol. The summed E-state index contributed by atoms with van der Waals surface area (Å²) in [5.41, 5.74) is 7.98. The van der Waals surface area contributed by atoms with Gasteiger partial charge in [0.1, 0.15) is 6.61 Å². The van der Waals surface area contributed by atoms with Gasteiger partial charge in [0.15, 0.2) is 11.5 Å². The average molecular weight is 628 g/mol. The summed E-state index contributed by atoms with van der Waals surface area (Å²) >= 11 is 9.98. The predicted molar refractivity (Wildman–Crippen MR) is 172 cm³/mol. The number of anilines is 1. The molecule has 0 saturated carbocycles. The highest BCUT2D eigenvalue weighted by atomic mass is 79.9. The minimum atomic E-state index is 0.270. The SMILES string of the molecule is CCOc1cc(C=Nc2ccc([C@@H]3Nc4ccc(C)cc4[C@H]4C=CC[C@H]43)cc2)cc(Br)c1OCc1ccccc1Cl. The summed E-state index contributed by atoms with van der Waals surface area (Å²) in [4.78, 5) is 4.76. The first-order chi connectivity index (χ1) is 20.0. The third kappa shape index (κ3) is 5.93. The van der Waals surface area contributed by atoms with E-state index in [1.807, 2.05) is 49.5 Å². The van der Waals surface area contributed by atoms with Gasteiger partial charge in [-0.2, -0.15) is 0 Å². The Bertz CT molecular complexity index is 1620. The molecule has 6 heteroatoms. The first-order valence-electron chi connectivity index (χ1n) is 14.0. The zero-order valence-corrected chi connectivity index (χ0v) is 25.5. The number of benzene rings is 4. The molecule has 41 heavy (non-hydrogen) atoms. The Labute approximate surface area is 255 Å². The molecule has 2 aliphatic rings. The smallest absolute Gasteiger partial charge is 0.175 e. The van der Waals surface area contributed by atoms with Gasteiger partial charge in [0.05, 0.1) is 22.8 Å². The molecule has 0 radical (unpaired) electrons. The fourth-order valence-electron chi connectivity index (χ4n) is 5.79. The number of nitrogens with one attached hydrogen (secondary N) is 1. The minimum absolute atomic E-state index is 0.270. The number of fused-ring (bicyclic) bond motifs is 3. The standard InChI is InChI=1S/C35H32BrClN2O2/c1-3-40-33-19-23(18-30(36)35(33)41-21-25-7-4-5-10-31(25)37)20-38-26-14-12-24(13-15-26)34-28-9-6-8-27(28)29-17-22(2)11-16-32(29)39-34/h4-8,10-20,27-28,34,39H,3,9,21H2,1-2H3/t27-,28+,34-/m0/s1. The number of nitrogens with zero attached hydrogens (tertiary/aromatic N) is 1. The Morgan fingerprint density at radius 2 is 1.85 bits per heavy atom. The lowest BCUT2D eigenvalue weighted by atomic mass is 9.76. The van der Waals surface area contributed by atoms with E-state index in [1.165, 1.54) is 22.4 Å².